The number of hydrogen-bond donors (Lipinski definition) is 3. The van der Waals surface area contributed by atoms with Crippen molar-refractivity contribution >= 4 is 29.5 Å². The number of anilines is 2. The van der Waals surface area contributed by atoms with Crippen LogP contribution in [0.5, 0.6) is 0 Å². The topological polar surface area (TPSA) is 78.4 Å². The molecule has 5 nitrogen and oxygen atoms in total. The van der Waals surface area contributed by atoms with Gasteiger partial charge in [0.15, 0.2) is 0 Å². The Hall–Kier alpha value is -3.08. The normalized spacial score (nSPS) is 10.3. The minimum atomic E-state index is -1.02. The molecular formula is C16H14N2O3. The number of benzene rings is 2. The van der Waals surface area contributed by atoms with E-state index in [1.807, 2.05) is 18.2 Å². The number of nitrogens with one attached hydrogen (secondary N) is 2. The number of carbonyl (C=O) groups is 2. The van der Waals surface area contributed by atoms with Crippen LogP contribution in [0.1, 0.15) is 5.56 Å². The van der Waals surface area contributed by atoms with Crippen molar-refractivity contribution in [2.75, 3.05) is 10.6 Å². The zero-order valence-electron chi connectivity index (χ0n) is 11.1. The van der Waals surface area contributed by atoms with Crippen LogP contribution < -0.4 is 10.6 Å². The number of rotatable bonds is 4. The molecule has 106 valence electrons. The predicted molar refractivity (Wildman–Crippen MR) is 82.2 cm³/mol. The molecule has 3 N–H and O–H groups in total. The second kappa shape index (κ2) is 6.91. The molecule has 5 heteroatoms. The van der Waals surface area contributed by atoms with Crippen molar-refractivity contribution < 1.29 is 14.7 Å². The Morgan fingerprint density at radius 1 is 0.905 bits per heavy atom. The predicted octanol–water partition coefficient (Wildman–Crippen LogP) is 3.43. The largest absolute Gasteiger partial charge is 0.478 e. The maximum absolute atomic E-state index is 11.8. The molecule has 0 unspecified atom stereocenters. The lowest BCUT2D eigenvalue weighted by molar-refractivity contribution is -0.131. The number of para-hydroxylation sites is 1. The molecule has 2 amide bonds. The minimum absolute atomic E-state index is 0.361. The summed E-state index contributed by atoms with van der Waals surface area (Å²) in [4.78, 5) is 22.3. The van der Waals surface area contributed by atoms with Crippen LogP contribution in [-0.2, 0) is 4.79 Å². The molecule has 0 aliphatic carbocycles. The highest BCUT2D eigenvalue weighted by Crippen LogP contribution is 2.13. The van der Waals surface area contributed by atoms with Gasteiger partial charge in [-0.2, -0.15) is 0 Å². The van der Waals surface area contributed by atoms with Crippen LogP contribution >= 0.6 is 0 Å². The highest BCUT2D eigenvalue weighted by Gasteiger charge is 2.02. The first-order valence-electron chi connectivity index (χ1n) is 6.27. The molecule has 0 bridgehead atoms. The van der Waals surface area contributed by atoms with E-state index in [2.05, 4.69) is 10.6 Å². The Bertz CT molecular complexity index is 666. The summed E-state index contributed by atoms with van der Waals surface area (Å²) in [5, 5.41) is 14.0. The summed E-state index contributed by atoms with van der Waals surface area (Å²) in [6, 6.07) is 15.6. The van der Waals surface area contributed by atoms with Crippen molar-refractivity contribution in [2.45, 2.75) is 0 Å². The first-order chi connectivity index (χ1) is 10.1. The van der Waals surface area contributed by atoms with Gasteiger partial charge < -0.3 is 15.7 Å². The summed E-state index contributed by atoms with van der Waals surface area (Å²) < 4.78 is 0. The van der Waals surface area contributed by atoms with Crippen molar-refractivity contribution in [3.63, 3.8) is 0 Å². The fraction of sp³-hybridized carbons (Fsp3) is 0. The van der Waals surface area contributed by atoms with Gasteiger partial charge in [-0.05, 0) is 35.9 Å². The maximum Gasteiger partial charge on any atom is 0.328 e. The monoisotopic (exact) mass is 282 g/mol. The Balaban J connectivity index is 2.01. The Labute approximate surface area is 121 Å². The summed E-state index contributed by atoms with van der Waals surface area (Å²) in [6.07, 6.45) is 2.51. The molecule has 2 aromatic carbocycles. The van der Waals surface area contributed by atoms with E-state index in [-0.39, 0.29) is 6.03 Å². The van der Waals surface area contributed by atoms with Crippen molar-refractivity contribution in [3.05, 3.63) is 66.2 Å². The van der Waals surface area contributed by atoms with Crippen molar-refractivity contribution in [1.29, 1.82) is 0 Å². The van der Waals surface area contributed by atoms with E-state index < -0.39 is 5.97 Å². The average molecular weight is 282 g/mol. The molecule has 0 radical (unpaired) electrons. The summed E-state index contributed by atoms with van der Waals surface area (Å²) in [5.74, 6) is -1.02. The van der Waals surface area contributed by atoms with Crippen LogP contribution in [0, 0.1) is 0 Å². The van der Waals surface area contributed by atoms with E-state index in [4.69, 9.17) is 5.11 Å². The number of hydrogen-bond acceptors (Lipinski definition) is 2. The number of carboxylic acids is 1. The summed E-state index contributed by atoms with van der Waals surface area (Å²) >= 11 is 0. The first kappa shape index (κ1) is 14.3. The lowest BCUT2D eigenvalue weighted by atomic mass is 10.2. The van der Waals surface area contributed by atoms with Crippen LogP contribution in [-0.4, -0.2) is 17.1 Å². The highest BCUT2D eigenvalue weighted by atomic mass is 16.4. The van der Waals surface area contributed by atoms with Gasteiger partial charge >= 0.3 is 12.0 Å². The molecule has 0 fully saturated rings. The molecule has 0 aliphatic heterocycles. The maximum atomic E-state index is 11.8. The molecule has 2 aromatic rings. The zero-order chi connectivity index (χ0) is 15.1. The third-order valence-corrected chi connectivity index (χ3v) is 2.59. The van der Waals surface area contributed by atoms with Gasteiger partial charge in [0, 0.05) is 17.5 Å². The zero-order valence-corrected chi connectivity index (χ0v) is 11.1. The van der Waals surface area contributed by atoms with Crippen LogP contribution in [0.4, 0.5) is 16.2 Å². The Morgan fingerprint density at radius 2 is 1.57 bits per heavy atom. The van der Waals surface area contributed by atoms with Gasteiger partial charge in [-0.15, -0.1) is 0 Å². The van der Waals surface area contributed by atoms with Gasteiger partial charge in [0.2, 0.25) is 0 Å². The fourth-order valence-electron chi connectivity index (χ4n) is 1.70. The molecule has 2 rings (SSSR count). The van der Waals surface area contributed by atoms with Crippen LogP contribution in [0.15, 0.2) is 60.7 Å². The number of carboxylic acid groups (broad SMARTS) is 1. The summed E-state index contributed by atoms with van der Waals surface area (Å²) in [7, 11) is 0. The number of carbonyl (C=O) groups excluding carboxylic acids is 1. The number of amides is 2. The Kier molecular flexibility index (Phi) is 4.71. The third-order valence-electron chi connectivity index (χ3n) is 2.59. The van der Waals surface area contributed by atoms with Crippen molar-refractivity contribution in [1.82, 2.24) is 0 Å². The molecule has 0 saturated heterocycles. The molecule has 0 saturated carbocycles. The second-order valence-corrected chi connectivity index (χ2v) is 4.24. The van der Waals surface area contributed by atoms with Gasteiger partial charge in [-0.25, -0.2) is 9.59 Å². The van der Waals surface area contributed by atoms with E-state index in [1.54, 1.807) is 36.4 Å². The van der Waals surface area contributed by atoms with Gasteiger partial charge in [-0.3, -0.25) is 0 Å². The van der Waals surface area contributed by atoms with Gasteiger partial charge in [0.25, 0.3) is 0 Å². The van der Waals surface area contributed by atoms with E-state index in [0.29, 0.717) is 16.9 Å². The standard InChI is InChI=1S/C16H14N2O3/c19-15(20)10-9-12-5-4-8-14(11-12)18-16(21)17-13-6-2-1-3-7-13/h1-11H,(H,19,20)(H2,17,18,21)/b10-9+. The molecule has 21 heavy (non-hydrogen) atoms. The quantitative estimate of drug-likeness (QED) is 0.752. The van der Waals surface area contributed by atoms with E-state index >= 15 is 0 Å². The molecule has 0 aromatic heterocycles. The summed E-state index contributed by atoms with van der Waals surface area (Å²) in [6.45, 7) is 0. The third kappa shape index (κ3) is 4.83. The van der Waals surface area contributed by atoms with Crippen LogP contribution in [0.25, 0.3) is 6.08 Å². The molecule has 0 atom stereocenters. The highest BCUT2D eigenvalue weighted by molar-refractivity contribution is 5.99. The minimum Gasteiger partial charge on any atom is -0.478 e. The number of urea groups is 1. The van der Waals surface area contributed by atoms with E-state index in [0.717, 1.165) is 6.08 Å². The van der Waals surface area contributed by atoms with Crippen molar-refractivity contribution in [3.8, 4) is 0 Å². The fourth-order valence-corrected chi connectivity index (χ4v) is 1.70. The van der Waals surface area contributed by atoms with E-state index in [1.165, 1.54) is 6.08 Å². The van der Waals surface area contributed by atoms with Gasteiger partial charge in [0.1, 0.15) is 0 Å². The van der Waals surface area contributed by atoms with Crippen molar-refractivity contribution in [2.24, 2.45) is 0 Å². The second-order valence-electron chi connectivity index (χ2n) is 4.24. The van der Waals surface area contributed by atoms with Crippen LogP contribution in [0.3, 0.4) is 0 Å². The smallest absolute Gasteiger partial charge is 0.328 e. The van der Waals surface area contributed by atoms with E-state index in [9.17, 15) is 9.59 Å². The first-order valence-corrected chi connectivity index (χ1v) is 6.27. The van der Waals surface area contributed by atoms with Gasteiger partial charge in [-0.1, -0.05) is 30.3 Å². The summed E-state index contributed by atoms with van der Waals surface area (Å²) in [5.41, 5.74) is 1.96. The molecule has 0 spiro atoms. The average Bonchev–Trinajstić information content (AvgIpc) is 2.46. The lowest BCUT2D eigenvalue weighted by Gasteiger charge is -2.08. The number of aliphatic carboxylic acids is 1. The molecule has 0 heterocycles. The lowest BCUT2D eigenvalue weighted by Crippen LogP contribution is -2.19. The Morgan fingerprint density at radius 3 is 2.29 bits per heavy atom. The SMILES string of the molecule is O=C(O)/C=C/c1cccc(NC(=O)Nc2ccccc2)c1. The molecular weight excluding hydrogens is 268 g/mol. The van der Waals surface area contributed by atoms with Gasteiger partial charge in [0.05, 0.1) is 0 Å². The van der Waals surface area contributed by atoms with Crippen LogP contribution in [0.2, 0.25) is 0 Å². The molecule has 0 aliphatic rings.